The van der Waals surface area contributed by atoms with E-state index in [9.17, 15) is 0 Å². The van der Waals surface area contributed by atoms with Crippen LogP contribution in [0, 0.1) is 5.92 Å². The SMILES string of the molecule is CCCC(O)(O)OCC(C)C. The number of ether oxygens (including phenoxy) is 1. The first kappa shape index (κ1) is 10.9. The highest BCUT2D eigenvalue weighted by Crippen LogP contribution is 2.11. The van der Waals surface area contributed by atoms with Crippen LogP contribution in [0.25, 0.3) is 0 Å². The summed E-state index contributed by atoms with van der Waals surface area (Å²) in [5, 5.41) is 18.2. The van der Waals surface area contributed by atoms with Crippen LogP contribution in [0.1, 0.15) is 33.6 Å². The van der Waals surface area contributed by atoms with Crippen molar-refractivity contribution in [2.45, 2.75) is 39.6 Å². The molecule has 0 spiro atoms. The quantitative estimate of drug-likeness (QED) is 0.595. The lowest BCUT2D eigenvalue weighted by Crippen LogP contribution is -2.32. The Kier molecular flexibility index (Phi) is 4.65. The van der Waals surface area contributed by atoms with Crippen LogP contribution in [0.15, 0.2) is 0 Å². The second kappa shape index (κ2) is 4.70. The third-order valence-electron chi connectivity index (χ3n) is 1.22. The summed E-state index contributed by atoms with van der Waals surface area (Å²) in [4.78, 5) is 0. The summed E-state index contributed by atoms with van der Waals surface area (Å²) < 4.78 is 4.84. The van der Waals surface area contributed by atoms with Crippen LogP contribution in [0.4, 0.5) is 0 Å². The van der Waals surface area contributed by atoms with E-state index in [1.807, 2.05) is 20.8 Å². The highest BCUT2D eigenvalue weighted by atomic mass is 16.8. The van der Waals surface area contributed by atoms with E-state index in [0.29, 0.717) is 18.9 Å². The summed E-state index contributed by atoms with van der Waals surface area (Å²) in [5.41, 5.74) is 0. The first-order valence-corrected chi connectivity index (χ1v) is 4.06. The Hall–Kier alpha value is -0.120. The van der Waals surface area contributed by atoms with Gasteiger partial charge in [0.05, 0.1) is 6.61 Å². The lowest BCUT2D eigenvalue weighted by atomic mass is 10.2. The molecule has 0 fully saturated rings. The monoisotopic (exact) mass is 162 g/mol. The van der Waals surface area contributed by atoms with Gasteiger partial charge in [-0.15, -0.1) is 0 Å². The molecule has 2 N–H and O–H groups in total. The smallest absolute Gasteiger partial charge is 0.277 e. The first-order valence-electron chi connectivity index (χ1n) is 4.06. The zero-order valence-electron chi connectivity index (χ0n) is 7.50. The molecule has 0 aromatic carbocycles. The fourth-order valence-electron chi connectivity index (χ4n) is 0.698. The second-order valence-corrected chi connectivity index (χ2v) is 3.20. The second-order valence-electron chi connectivity index (χ2n) is 3.20. The fourth-order valence-corrected chi connectivity index (χ4v) is 0.698. The highest BCUT2D eigenvalue weighted by molar-refractivity contribution is 4.50. The van der Waals surface area contributed by atoms with Gasteiger partial charge in [0, 0.05) is 6.42 Å². The summed E-state index contributed by atoms with van der Waals surface area (Å²) in [5.74, 6) is -1.59. The maximum atomic E-state index is 9.10. The van der Waals surface area contributed by atoms with Crippen molar-refractivity contribution in [3.05, 3.63) is 0 Å². The summed E-state index contributed by atoms with van der Waals surface area (Å²) in [7, 11) is 0. The summed E-state index contributed by atoms with van der Waals surface area (Å²) in [6, 6.07) is 0. The van der Waals surface area contributed by atoms with Gasteiger partial charge in [0.25, 0.3) is 5.97 Å². The Morgan fingerprint density at radius 1 is 1.36 bits per heavy atom. The Balaban J connectivity index is 3.54. The van der Waals surface area contributed by atoms with Gasteiger partial charge >= 0.3 is 0 Å². The van der Waals surface area contributed by atoms with E-state index in [1.54, 1.807) is 0 Å². The topological polar surface area (TPSA) is 49.7 Å². The molecule has 0 aliphatic heterocycles. The van der Waals surface area contributed by atoms with Crippen LogP contribution in [-0.4, -0.2) is 22.8 Å². The van der Waals surface area contributed by atoms with Gasteiger partial charge in [-0.2, -0.15) is 0 Å². The average molecular weight is 162 g/mol. The van der Waals surface area contributed by atoms with Crippen LogP contribution in [0.2, 0.25) is 0 Å². The lowest BCUT2D eigenvalue weighted by Gasteiger charge is -2.22. The van der Waals surface area contributed by atoms with Crippen LogP contribution in [-0.2, 0) is 4.74 Å². The van der Waals surface area contributed by atoms with Gasteiger partial charge in [0.15, 0.2) is 0 Å². The van der Waals surface area contributed by atoms with E-state index < -0.39 is 5.97 Å². The fraction of sp³-hybridized carbons (Fsp3) is 1.00. The molecule has 0 saturated heterocycles. The number of aliphatic hydroxyl groups is 2. The maximum Gasteiger partial charge on any atom is 0.277 e. The predicted octanol–water partition coefficient (Wildman–Crippen LogP) is 1.10. The largest absolute Gasteiger partial charge is 0.343 e. The van der Waals surface area contributed by atoms with Gasteiger partial charge in [-0.3, -0.25) is 0 Å². The van der Waals surface area contributed by atoms with Gasteiger partial charge in [-0.05, 0) is 12.3 Å². The van der Waals surface area contributed by atoms with E-state index in [1.165, 1.54) is 0 Å². The molecule has 0 atom stereocenters. The van der Waals surface area contributed by atoms with E-state index in [0.717, 1.165) is 0 Å². The Labute approximate surface area is 68.0 Å². The van der Waals surface area contributed by atoms with Crippen molar-refractivity contribution in [3.8, 4) is 0 Å². The van der Waals surface area contributed by atoms with Crippen molar-refractivity contribution < 1.29 is 14.9 Å². The minimum atomic E-state index is -1.92. The third-order valence-corrected chi connectivity index (χ3v) is 1.22. The molecule has 0 aromatic rings. The van der Waals surface area contributed by atoms with Gasteiger partial charge < -0.3 is 14.9 Å². The molecule has 0 amide bonds. The molecule has 0 unspecified atom stereocenters. The average Bonchev–Trinajstić information content (AvgIpc) is 1.84. The van der Waals surface area contributed by atoms with Gasteiger partial charge in [-0.25, -0.2) is 0 Å². The lowest BCUT2D eigenvalue weighted by molar-refractivity contribution is -0.343. The first-order chi connectivity index (χ1) is 4.98. The van der Waals surface area contributed by atoms with E-state index >= 15 is 0 Å². The molecule has 3 heteroatoms. The Morgan fingerprint density at radius 3 is 2.27 bits per heavy atom. The summed E-state index contributed by atoms with van der Waals surface area (Å²) in [6.07, 6.45) is 0.963. The molecule has 0 aliphatic carbocycles. The van der Waals surface area contributed by atoms with Gasteiger partial charge in [0.1, 0.15) is 0 Å². The number of rotatable bonds is 5. The normalized spacial score (nSPS) is 12.5. The standard InChI is InChI=1S/C8H18O3/c1-4-5-8(9,10)11-6-7(2)3/h7,9-10H,4-6H2,1-3H3. The minimum absolute atomic E-state index is 0.264. The van der Waals surface area contributed by atoms with E-state index in [-0.39, 0.29) is 6.42 Å². The molecular formula is C8H18O3. The molecule has 0 rings (SSSR count). The maximum absolute atomic E-state index is 9.10. The summed E-state index contributed by atoms with van der Waals surface area (Å²) in [6.45, 7) is 6.18. The van der Waals surface area contributed by atoms with Crippen molar-refractivity contribution in [3.63, 3.8) is 0 Å². The zero-order valence-corrected chi connectivity index (χ0v) is 7.50. The van der Waals surface area contributed by atoms with Gasteiger partial charge in [-0.1, -0.05) is 20.8 Å². The van der Waals surface area contributed by atoms with Crippen LogP contribution >= 0.6 is 0 Å². The molecule has 0 bridgehead atoms. The van der Waals surface area contributed by atoms with Crippen LogP contribution in [0.3, 0.4) is 0 Å². The highest BCUT2D eigenvalue weighted by Gasteiger charge is 2.22. The van der Waals surface area contributed by atoms with Crippen molar-refractivity contribution in [1.82, 2.24) is 0 Å². The molecule has 3 nitrogen and oxygen atoms in total. The number of hydrogen-bond donors (Lipinski definition) is 2. The summed E-state index contributed by atoms with van der Waals surface area (Å²) >= 11 is 0. The van der Waals surface area contributed by atoms with E-state index in [2.05, 4.69) is 0 Å². The third kappa shape index (κ3) is 6.28. The van der Waals surface area contributed by atoms with Crippen molar-refractivity contribution >= 4 is 0 Å². The van der Waals surface area contributed by atoms with Crippen LogP contribution in [0.5, 0.6) is 0 Å². The van der Waals surface area contributed by atoms with E-state index in [4.69, 9.17) is 14.9 Å². The minimum Gasteiger partial charge on any atom is -0.343 e. The molecule has 0 aromatic heterocycles. The molecule has 11 heavy (non-hydrogen) atoms. The molecular weight excluding hydrogens is 144 g/mol. The molecule has 0 saturated carbocycles. The Morgan fingerprint density at radius 2 is 1.91 bits per heavy atom. The van der Waals surface area contributed by atoms with Crippen LogP contribution < -0.4 is 0 Å². The molecule has 68 valence electrons. The molecule has 0 heterocycles. The van der Waals surface area contributed by atoms with Crippen molar-refractivity contribution in [2.24, 2.45) is 5.92 Å². The zero-order chi connectivity index (χ0) is 8.91. The van der Waals surface area contributed by atoms with Crippen molar-refractivity contribution in [1.29, 1.82) is 0 Å². The Bertz CT molecular complexity index is 99.5. The predicted molar refractivity (Wildman–Crippen MR) is 42.9 cm³/mol. The molecule has 0 aliphatic rings. The number of hydrogen-bond acceptors (Lipinski definition) is 3. The van der Waals surface area contributed by atoms with Crippen molar-refractivity contribution in [2.75, 3.05) is 6.61 Å². The molecule has 0 radical (unpaired) electrons. The van der Waals surface area contributed by atoms with Gasteiger partial charge in [0.2, 0.25) is 0 Å².